The average molecular weight is 251 g/mol. The van der Waals surface area contributed by atoms with Gasteiger partial charge in [-0.1, -0.05) is 18.7 Å². The summed E-state index contributed by atoms with van der Waals surface area (Å²) in [7, 11) is -3.59. The first-order chi connectivity index (χ1) is 6.99. The molecular formula is C8H13NO4S2. The zero-order chi connectivity index (χ0) is 11.5. The SMILES string of the molecule is CCCS(=O)(=O)N1CCCSC(=O)C1=O. The summed E-state index contributed by atoms with van der Waals surface area (Å²) in [6, 6.07) is 0. The topological polar surface area (TPSA) is 71.5 Å². The zero-order valence-corrected chi connectivity index (χ0v) is 10.1. The van der Waals surface area contributed by atoms with Gasteiger partial charge in [0, 0.05) is 12.3 Å². The van der Waals surface area contributed by atoms with Crippen molar-refractivity contribution in [3.8, 4) is 0 Å². The van der Waals surface area contributed by atoms with Gasteiger partial charge >= 0.3 is 5.91 Å². The maximum atomic E-state index is 11.6. The van der Waals surface area contributed by atoms with Crippen molar-refractivity contribution in [3.63, 3.8) is 0 Å². The lowest BCUT2D eigenvalue weighted by Crippen LogP contribution is -2.40. The lowest BCUT2D eigenvalue weighted by molar-refractivity contribution is -0.136. The van der Waals surface area contributed by atoms with Crippen molar-refractivity contribution in [1.29, 1.82) is 0 Å². The van der Waals surface area contributed by atoms with Gasteiger partial charge < -0.3 is 0 Å². The van der Waals surface area contributed by atoms with E-state index >= 15 is 0 Å². The van der Waals surface area contributed by atoms with Gasteiger partial charge in [-0.15, -0.1) is 0 Å². The highest BCUT2D eigenvalue weighted by Crippen LogP contribution is 2.16. The molecule has 0 aromatic carbocycles. The second-order valence-corrected chi connectivity index (χ2v) is 6.26. The molecule has 0 atom stereocenters. The highest BCUT2D eigenvalue weighted by molar-refractivity contribution is 8.15. The Hall–Kier alpha value is -0.560. The van der Waals surface area contributed by atoms with Gasteiger partial charge in [0.2, 0.25) is 10.0 Å². The number of hydrogen-bond acceptors (Lipinski definition) is 5. The van der Waals surface area contributed by atoms with Crippen LogP contribution >= 0.6 is 11.8 Å². The predicted octanol–water partition coefficient (Wildman–Crippen LogP) is 0.218. The molecule has 1 rings (SSSR count). The van der Waals surface area contributed by atoms with Gasteiger partial charge in [0.05, 0.1) is 5.75 Å². The minimum atomic E-state index is -3.59. The van der Waals surface area contributed by atoms with Crippen molar-refractivity contribution in [1.82, 2.24) is 4.31 Å². The number of nitrogens with zero attached hydrogens (tertiary/aromatic N) is 1. The van der Waals surface area contributed by atoms with E-state index in [1.54, 1.807) is 6.92 Å². The van der Waals surface area contributed by atoms with Gasteiger partial charge in [0.15, 0.2) is 0 Å². The number of rotatable bonds is 3. The van der Waals surface area contributed by atoms with E-state index in [4.69, 9.17) is 0 Å². The maximum Gasteiger partial charge on any atom is 0.314 e. The molecule has 86 valence electrons. The van der Waals surface area contributed by atoms with E-state index in [1.165, 1.54) is 0 Å². The highest BCUT2D eigenvalue weighted by Gasteiger charge is 2.33. The Morgan fingerprint density at radius 1 is 1.40 bits per heavy atom. The molecule has 15 heavy (non-hydrogen) atoms. The number of sulfonamides is 1. The van der Waals surface area contributed by atoms with Crippen LogP contribution in [0.3, 0.4) is 0 Å². The molecule has 0 aromatic heterocycles. The van der Waals surface area contributed by atoms with Gasteiger partial charge in [-0.25, -0.2) is 12.7 Å². The molecule has 0 aromatic rings. The minimum absolute atomic E-state index is 0.0866. The van der Waals surface area contributed by atoms with E-state index in [2.05, 4.69) is 0 Å². The van der Waals surface area contributed by atoms with Gasteiger partial charge in [0.1, 0.15) is 0 Å². The Morgan fingerprint density at radius 2 is 2.07 bits per heavy atom. The molecule has 0 radical (unpaired) electrons. The molecule has 0 bridgehead atoms. The fourth-order valence-corrected chi connectivity index (χ4v) is 3.50. The Labute approximate surface area is 93.3 Å². The monoisotopic (exact) mass is 251 g/mol. The largest absolute Gasteiger partial charge is 0.314 e. The van der Waals surface area contributed by atoms with Crippen LogP contribution in [0.1, 0.15) is 19.8 Å². The number of carbonyl (C=O) groups is 2. The van der Waals surface area contributed by atoms with Gasteiger partial charge in [-0.05, 0) is 12.8 Å². The summed E-state index contributed by atoms with van der Waals surface area (Å²) in [5.41, 5.74) is 0. The molecule has 1 heterocycles. The molecule has 0 saturated carbocycles. The van der Waals surface area contributed by atoms with Crippen LogP contribution in [0.2, 0.25) is 0 Å². The molecule has 0 N–H and O–H groups in total. The standard InChI is InChI=1S/C8H13NO4S2/c1-2-6-15(12,13)9-4-3-5-14-8(11)7(9)10/h2-6H2,1H3. The summed E-state index contributed by atoms with van der Waals surface area (Å²) in [5.74, 6) is -0.481. The zero-order valence-electron chi connectivity index (χ0n) is 8.43. The van der Waals surface area contributed by atoms with E-state index < -0.39 is 21.0 Å². The van der Waals surface area contributed by atoms with Crippen molar-refractivity contribution in [2.24, 2.45) is 0 Å². The normalized spacial score (nSPS) is 19.1. The molecule has 1 aliphatic rings. The number of amides is 1. The van der Waals surface area contributed by atoms with Crippen molar-refractivity contribution in [2.45, 2.75) is 19.8 Å². The molecule has 7 heteroatoms. The van der Waals surface area contributed by atoms with E-state index in [0.717, 1.165) is 16.1 Å². The summed E-state index contributed by atoms with van der Waals surface area (Å²) < 4.78 is 24.0. The fourth-order valence-electron chi connectivity index (χ4n) is 1.27. The van der Waals surface area contributed by atoms with Crippen molar-refractivity contribution < 1.29 is 18.0 Å². The molecule has 1 saturated heterocycles. The second-order valence-electron chi connectivity index (χ2n) is 3.18. The first kappa shape index (κ1) is 12.5. The van der Waals surface area contributed by atoms with Crippen LogP contribution in [0, 0.1) is 0 Å². The van der Waals surface area contributed by atoms with Crippen LogP contribution in [0.25, 0.3) is 0 Å². The van der Waals surface area contributed by atoms with Crippen LogP contribution in [0.15, 0.2) is 0 Å². The van der Waals surface area contributed by atoms with E-state index in [1.807, 2.05) is 0 Å². The minimum Gasteiger partial charge on any atom is -0.276 e. The number of hydrogen-bond donors (Lipinski definition) is 0. The second kappa shape index (κ2) is 4.98. The lowest BCUT2D eigenvalue weighted by atomic mass is 10.5. The molecule has 0 unspecified atom stereocenters. The van der Waals surface area contributed by atoms with Crippen molar-refractivity contribution in [2.75, 3.05) is 18.1 Å². The van der Waals surface area contributed by atoms with E-state index in [-0.39, 0.29) is 12.3 Å². The fraction of sp³-hybridized carbons (Fsp3) is 0.750. The third-order valence-corrected chi connectivity index (χ3v) is 4.81. The molecule has 1 aliphatic heterocycles. The molecule has 1 amide bonds. The Balaban J connectivity index is 2.92. The van der Waals surface area contributed by atoms with Crippen LogP contribution in [-0.2, 0) is 19.6 Å². The molecule has 0 aliphatic carbocycles. The number of carbonyl (C=O) groups excluding carboxylic acids is 2. The first-order valence-corrected chi connectivity index (χ1v) is 7.30. The molecule has 0 spiro atoms. The third-order valence-electron chi connectivity index (χ3n) is 1.94. The van der Waals surface area contributed by atoms with E-state index in [0.29, 0.717) is 18.6 Å². The van der Waals surface area contributed by atoms with Crippen LogP contribution in [-0.4, -0.2) is 41.8 Å². The van der Waals surface area contributed by atoms with Gasteiger partial charge in [-0.2, -0.15) is 0 Å². The predicted molar refractivity (Wildman–Crippen MR) is 57.9 cm³/mol. The Bertz CT molecular complexity index is 363. The summed E-state index contributed by atoms with van der Waals surface area (Å²) in [6.07, 6.45) is 0.971. The highest BCUT2D eigenvalue weighted by atomic mass is 32.2. The Kier molecular flexibility index (Phi) is 4.15. The smallest absolute Gasteiger partial charge is 0.276 e. The van der Waals surface area contributed by atoms with Crippen LogP contribution < -0.4 is 0 Å². The maximum absolute atomic E-state index is 11.6. The summed E-state index contributed by atoms with van der Waals surface area (Å²) in [6.45, 7) is 1.84. The quantitative estimate of drug-likeness (QED) is 0.671. The summed E-state index contributed by atoms with van der Waals surface area (Å²) in [5, 5.41) is -0.674. The molecule has 5 nitrogen and oxygen atoms in total. The third kappa shape index (κ3) is 2.94. The lowest BCUT2D eigenvalue weighted by Gasteiger charge is -2.18. The van der Waals surface area contributed by atoms with E-state index in [9.17, 15) is 18.0 Å². The van der Waals surface area contributed by atoms with Crippen LogP contribution in [0.5, 0.6) is 0 Å². The average Bonchev–Trinajstić information content (AvgIpc) is 2.30. The van der Waals surface area contributed by atoms with Gasteiger partial charge in [-0.3, -0.25) is 9.59 Å². The van der Waals surface area contributed by atoms with Crippen LogP contribution in [0.4, 0.5) is 0 Å². The van der Waals surface area contributed by atoms with Crippen molar-refractivity contribution in [3.05, 3.63) is 0 Å². The van der Waals surface area contributed by atoms with Gasteiger partial charge in [0.25, 0.3) is 5.12 Å². The molecule has 1 fully saturated rings. The first-order valence-electron chi connectivity index (χ1n) is 4.70. The van der Waals surface area contributed by atoms with Crippen molar-refractivity contribution >= 4 is 32.8 Å². The Morgan fingerprint density at radius 3 is 2.67 bits per heavy atom. The molecular weight excluding hydrogens is 238 g/mol. The number of thioether (sulfide) groups is 1. The summed E-state index contributed by atoms with van der Waals surface area (Å²) in [4.78, 5) is 22.6. The summed E-state index contributed by atoms with van der Waals surface area (Å²) >= 11 is 0.890.